The second kappa shape index (κ2) is 5.10. The standard InChI is InChI=1S/C19H18FN3O/c20-13-5-3-11(4-6-13)18-21-10-15-16(22-18)9-14-7-8-17(15)23(14)19(24)12-1-2-12/h3-6,10,12,14,17H,1-2,7-9H2/t14-,17+/m0/s1. The Kier molecular flexibility index (Phi) is 2.99. The largest absolute Gasteiger partial charge is 0.332 e. The molecule has 5 rings (SSSR count). The van der Waals surface area contributed by atoms with Gasteiger partial charge in [0.2, 0.25) is 5.91 Å². The number of hydrogen-bond acceptors (Lipinski definition) is 3. The lowest BCUT2D eigenvalue weighted by atomic mass is 9.98. The van der Waals surface area contributed by atoms with Crippen molar-refractivity contribution in [1.82, 2.24) is 14.9 Å². The predicted molar refractivity (Wildman–Crippen MR) is 86.5 cm³/mol. The highest BCUT2D eigenvalue weighted by atomic mass is 19.1. The number of rotatable bonds is 2. The van der Waals surface area contributed by atoms with Crippen molar-refractivity contribution in [2.45, 2.75) is 44.2 Å². The van der Waals surface area contributed by atoms with Gasteiger partial charge in [0.15, 0.2) is 5.82 Å². The number of hydrogen-bond donors (Lipinski definition) is 0. The SMILES string of the molecule is O=C(C1CC1)N1[C@H]2CC[C@@H]1c1cnc(-c3ccc(F)cc3)nc1C2. The number of aromatic nitrogens is 2. The first kappa shape index (κ1) is 14.1. The summed E-state index contributed by atoms with van der Waals surface area (Å²) >= 11 is 0. The summed E-state index contributed by atoms with van der Waals surface area (Å²) in [5.74, 6) is 0.962. The van der Waals surface area contributed by atoms with Gasteiger partial charge in [0.25, 0.3) is 0 Å². The van der Waals surface area contributed by atoms with Crippen molar-refractivity contribution in [2.24, 2.45) is 5.92 Å². The average molecular weight is 323 g/mol. The van der Waals surface area contributed by atoms with Gasteiger partial charge in [-0.3, -0.25) is 4.79 Å². The van der Waals surface area contributed by atoms with Gasteiger partial charge in [-0.25, -0.2) is 14.4 Å². The van der Waals surface area contributed by atoms with Crippen LogP contribution in [0.1, 0.15) is 43.0 Å². The lowest BCUT2D eigenvalue weighted by Gasteiger charge is -2.36. The third-order valence-corrected chi connectivity index (χ3v) is 5.47. The molecule has 4 nitrogen and oxygen atoms in total. The van der Waals surface area contributed by atoms with Crippen LogP contribution >= 0.6 is 0 Å². The molecule has 1 aromatic carbocycles. The molecule has 24 heavy (non-hydrogen) atoms. The Hall–Kier alpha value is -2.30. The summed E-state index contributed by atoms with van der Waals surface area (Å²) < 4.78 is 13.1. The van der Waals surface area contributed by atoms with Crippen LogP contribution in [0.2, 0.25) is 0 Å². The summed E-state index contributed by atoms with van der Waals surface area (Å²) in [6, 6.07) is 6.70. The first-order valence-electron chi connectivity index (χ1n) is 8.64. The highest BCUT2D eigenvalue weighted by molar-refractivity contribution is 5.82. The van der Waals surface area contributed by atoms with Crippen LogP contribution < -0.4 is 0 Å². The smallest absolute Gasteiger partial charge is 0.226 e. The molecule has 1 saturated carbocycles. The van der Waals surface area contributed by atoms with E-state index in [-0.39, 0.29) is 23.8 Å². The molecule has 0 spiro atoms. The lowest BCUT2D eigenvalue weighted by Crippen LogP contribution is -2.43. The monoisotopic (exact) mass is 323 g/mol. The molecule has 1 aliphatic carbocycles. The third-order valence-electron chi connectivity index (χ3n) is 5.47. The number of benzene rings is 1. The molecule has 2 aliphatic heterocycles. The van der Waals surface area contributed by atoms with Gasteiger partial charge >= 0.3 is 0 Å². The summed E-state index contributed by atoms with van der Waals surface area (Å²) in [6.07, 6.45) is 6.82. The van der Waals surface area contributed by atoms with Crippen molar-refractivity contribution in [3.63, 3.8) is 0 Å². The molecule has 0 N–H and O–H groups in total. The van der Waals surface area contributed by atoms with Crippen LogP contribution in [-0.4, -0.2) is 26.8 Å². The van der Waals surface area contributed by atoms with E-state index < -0.39 is 0 Å². The number of carbonyl (C=O) groups is 1. The lowest BCUT2D eigenvalue weighted by molar-refractivity contribution is -0.136. The Bertz CT molecular complexity index is 816. The van der Waals surface area contributed by atoms with Gasteiger partial charge in [-0.2, -0.15) is 0 Å². The number of fused-ring (bicyclic) bond motifs is 4. The molecular formula is C19H18FN3O. The Morgan fingerprint density at radius 3 is 2.67 bits per heavy atom. The fraction of sp³-hybridized carbons (Fsp3) is 0.421. The minimum absolute atomic E-state index is 0.147. The zero-order valence-corrected chi connectivity index (χ0v) is 13.3. The molecule has 0 unspecified atom stereocenters. The van der Waals surface area contributed by atoms with Crippen molar-refractivity contribution >= 4 is 5.91 Å². The van der Waals surface area contributed by atoms with Crippen molar-refractivity contribution in [3.05, 3.63) is 47.5 Å². The molecule has 3 aliphatic rings. The maximum absolute atomic E-state index is 13.1. The molecule has 5 heteroatoms. The van der Waals surface area contributed by atoms with E-state index in [9.17, 15) is 9.18 Å². The molecule has 2 fully saturated rings. The Balaban J connectivity index is 1.50. The van der Waals surface area contributed by atoms with E-state index in [1.165, 1.54) is 12.1 Å². The Morgan fingerprint density at radius 1 is 1.12 bits per heavy atom. The minimum atomic E-state index is -0.260. The van der Waals surface area contributed by atoms with Crippen LogP contribution in [-0.2, 0) is 11.2 Å². The van der Waals surface area contributed by atoms with Gasteiger partial charge in [0, 0.05) is 35.7 Å². The van der Waals surface area contributed by atoms with Crippen molar-refractivity contribution in [3.8, 4) is 11.4 Å². The maximum Gasteiger partial charge on any atom is 0.226 e. The summed E-state index contributed by atoms with van der Waals surface area (Å²) in [7, 11) is 0. The molecular weight excluding hydrogens is 305 g/mol. The number of amides is 1. The van der Waals surface area contributed by atoms with E-state index in [1.54, 1.807) is 12.1 Å². The molecule has 2 atom stereocenters. The minimum Gasteiger partial charge on any atom is -0.332 e. The number of carbonyl (C=O) groups excluding carboxylic acids is 1. The third kappa shape index (κ3) is 2.14. The van der Waals surface area contributed by atoms with E-state index in [0.717, 1.165) is 48.9 Å². The summed E-state index contributed by atoms with van der Waals surface area (Å²) in [5, 5.41) is 0. The topological polar surface area (TPSA) is 46.1 Å². The van der Waals surface area contributed by atoms with E-state index in [2.05, 4.69) is 9.88 Å². The van der Waals surface area contributed by atoms with Crippen molar-refractivity contribution in [2.75, 3.05) is 0 Å². The van der Waals surface area contributed by atoms with E-state index in [4.69, 9.17) is 4.98 Å². The molecule has 2 aromatic rings. The van der Waals surface area contributed by atoms with Crippen LogP contribution in [0.3, 0.4) is 0 Å². The second-order valence-corrected chi connectivity index (χ2v) is 7.07. The zero-order valence-electron chi connectivity index (χ0n) is 13.3. The molecule has 122 valence electrons. The Labute approximate surface area is 139 Å². The van der Waals surface area contributed by atoms with Crippen LogP contribution in [0.5, 0.6) is 0 Å². The second-order valence-electron chi connectivity index (χ2n) is 7.07. The molecule has 1 amide bonds. The van der Waals surface area contributed by atoms with Gasteiger partial charge in [0.05, 0.1) is 11.7 Å². The molecule has 3 heterocycles. The summed E-state index contributed by atoms with van der Waals surface area (Å²) in [5.41, 5.74) is 2.98. The maximum atomic E-state index is 13.1. The van der Waals surface area contributed by atoms with Crippen molar-refractivity contribution < 1.29 is 9.18 Å². The highest BCUT2D eigenvalue weighted by Gasteiger charge is 2.47. The predicted octanol–water partition coefficient (Wildman–Crippen LogP) is 3.28. The van der Waals surface area contributed by atoms with Gasteiger partial charge in [0.1, 0.15) is 5.82 Å². The van der Waals surface area contributed by atoms with E-state index in [1.807, 2.05) is 6.20 Å². The number of halogens is 1. The van der Waals surface area contributed by atoms with Crippen LogP contribution in [0.25, 0.3) is 11.4 Å². The van der Waals surface area contributed by atoms with Gasteiger partial charge in [-0.15, -0.1) is 0 Å². The quantitative estimate of drug-likeness (QED) is 0.852. The Morgan fingerprint density at radius 2 is 1.92 bits per heavy atom. The first-order valence-corrected chi connectivity index (χ1v) is 8.64. The molecule has 1 saturated heterocycles. The summed E-state index contributed by atoms with van der Waals surface area (Å²) in [6.45, 7) is 0. The zero-order chi connectivity index (χ0) is 16.3. The van der Waals surface area contributed by atoms with Crippen LogP contribution in [0, 0.1) is 11.7 Å². The van der Waals surface area contributed by atoms with E-state index >= 15 is 0 Å². The van der Waals surface area contributed by atoms with Gasteiger partial charge in [-0.05, 0) is 49.9 Å². The first-order chi connectivity index (χ1) is 11.7. The fourth-order valence-electron chi connectivity index (χ4n) is 4.09. The van der Waals surface area contributed by atoms with Gasteiger partial charge < -0.3 is 4.90 Å². The molecule has 0 radical (unpaired) electrons. The average Bonchev–Trinajstić information content (AvgIpc) is 3.39. The van der Waals surface area contributed by atoms with Crippen LogP contribution in [0.4, 0.5) is 4.39 Å². The fourth-order valence-corrected chi connectivity index (χ4v) is 4.09. The highest BCUT2D eigenvalue weighted by Crippen LogP contribution is 2.46. The molecule has 2 bridgehead atoms. The number of nitrogens with zero attached hydrogens (tertiary/aromatic N) is 3. The normalized spacial score (nSPS) is 24.8. The van der Waals surface area contributed by atoms with Crippen LogP contribution in [0.15, 0.2) is 30.5 Å². The molecule has 1 aromatic heterocycles. The van der Waals surface area contributed by atoms with Crippen molar-refractivity contribution in [1.29, 1.82) is 0 Å². The van der Waals surface area contributed by atoms with Gasteiger partial charge in [-0.1, -0.05) is 0 Å². The van der Waals surface area contributed by atoms with E-state index in [0.29, 0.717) is 11.7 Å². The summed E-state index contributed by atoms with van der Waals surface area (Å²) in [4.78, 5) is 23.9.